The number of hydrogen-bond acceptors (Lipinski definition) is 4. The molecule has 112 valence electrons. The molecule has 1 aliphatic rings. The van der Waals surface area contributed by atoms with Crippen LogP contribution in [0.3, 0.4) is 0 Å². The summed E-state index contributed by atoms with van der Waals surface area (Å²) < 4.78 is 0. The highest BCUT2D eigenvalue weighted by Crippen LogP contribution is 2.24. The molecule has 2 aromatic rings. The first-order valence-corrected chi connectivity index (χ1v) is 8.06. The molecule has 0 radical (unpaired) electrons. The summed E-state index contributed by atoms with van der Waals surface area (Å²) in [4.78, 5) is 21.8. The van der Waals surface area contributed by atoms with Crippen LogP contribution in [-0.2, 0) is 0 Å². The molecule has 6 heteroatoms. The summed E-state index contributed by atoms with van der Waals surface area (Å²) in [5.41, 5.74) is 2.44. The number of carbonyl (C=O) groups is 1. The second kappa shape index (κ2) is 5.99. The van der Waals surface area contributed by atoms with Gasteiger partial charge in [0.2, 0.25) is 0 Å². The fraction of sp³-hybridized carbons (Fsp3) is 0.467. The Morgan fingerprint density at radius 3 is 3.19 bits per heavy atom. The minimum absolute atomic E-state index is 0.00588. The molecule has 2 N–H and O–H groups in total. The molecule has 1 amide bonds. The fourth-order valence-electron chi connectivity index (χ4n) is 2.73. The third-order valence-electron chi connectivity index (χ3n) is 3.89. The van der Waals surface area contributed by atoms with E-state index in [0.29, 0.717) is 12.2 Å². The summed E-state index contributed by atoms with van der Waals surface area (Å²) >= 11 is 1.60. The van der Waals surface area contributed by atoms with Gasteiger partial charge in [-0.1, -0.05) is 0 Å². The number of aromatic nitrogens is 2. The summed E-state index contributed by atoms with van der Waals surface area (Å²) in [5.74, 6) is 0.213. The maximum absolute atomic E-state index is 12.5. The minimum atomic E-state index is 0.00588. The first-order valence-electron chi connectivity index (χ1n) is 7.18. The van der Waals surface area contributed by atoms with E-state index in [-0.39, 0.29) is 18.4 Å². The standard InChI is InChI=1S/C15H19N3O2S/c1-10-17-14(9-21-10)12-5-13(16-6-12)15(20)18-4-2-3-11(7-18)8-19/h5-6,9,11,16,19H,2-4,7-8H2,1H3. The summed E-state index contributed by atoms with van der Waals surface area (Å²) in [5, 5.41) is 12.3. The van der Waals surface area contributed by atoms with Crippen LogP contribution in [0, 0.1) is 12.8 Å². The SMILES string of the molecule is Cc1nc(-c2c[nH]c(C(=O)N3CCCC(CO)C3)c2)cs1. The lowest BCUT2D eigenvalue weighted by molar-refractivity contribution is 0.0615. The van der Waals surface area contributed by atoms with Crippen molar-refractivity contribution in [2.24, 2.45) is 5.92 Å². The zero-order valence-corrected chi connectivity index (χ0v) is 12.8. The quantitative estimate of drug-likeness (QED) is 0.914. The highest BCUT2D eigenvalue weighted by molar-refractivity contribution is 7.09. The number of amides is 1. The minimum Gasteiger partial charge on any atom is -0.396 e. The number of rotatable bonds is 3. The lowest BCUT2D eigenvalue weighted by Crippen LogP contribution is -2.41. The van der Waals surface area contributed by atoms with E-state index in [1.807, 2.05) is 29.5 Å². The molecule has 3 rings (SSSR count). The van der Waals surface area contributed by atoms with E-state index in [2.05, 4.69) is 9.97 Å². The van der Waals surface area contributed by atoms with Crippen LogP contribution in [0.2, 0.25) is 0 Å². The van der Waals surface area contributed by atoms with Gasteiger partial charge in [-0.15, -0.1) is 11.3 Å². The van der Waals surface area contributed by atoms with Crippen molar-refractivity contribution in [3.63, 3.8) is 0 Å². The Morgan fingerprint density at radius 2 is 2.48 bits per heavy atom. The number of piperidine rings is 1. The number of nitrogens with one attached hydrogen (secondary N) is 1. The van der Waals surface area contributed by atoms with Gasteiger partial charge < -0.3 is 15.0 Å². The number of hydrogen-bond donors (Lipinski definition) is 2. The first-order chi connectivity index (χ1) is 10.2. The number of likely N-dealkylation sites (tertiary alicyclic amines) is 1. The molecule has 1 unspecified atom stereocenters. The Kier molecular flexibility index (Phi) is 4.07. The number of aryl methyl sites for hydroxylation is 1. The van der Waals surface area contributed by atoms with Crippen LogP contribution in [-0.4, -0.2) is 45.6 Å². The second-order valence-electron chi connectivity index (χ2n) is 5.50. The van der Waals surface area contributed by atoms with Gasteiger partial charge in [-0.25, -0.2) is 4.98 Å². The van der Waals surface area contributed by atoms with Crippen LogP contribution >= 0.6 is 11.3 Å². The molecule has 1 fully saturated rings. The van der Waals surface area contributed by atoms with Crippen molar-refractivity contribution >= 4 is 17.2 Å². The van der Waals surface area contributed by atoms with E-state index in [4.69, 9.17) is 0 Å². The number of aliphatic hydroxyl groups is 1. The monoisotopic (exact) mass is 305 g/mol. The van der Waals surface area contributed by atoms with Crippen LogP contribution in [0.25, 0.3) is 11.3 Å². The molecule has 1 atom stereocenters. The maximum atomic E-state index is 12.5. The van der Waals surface area contributed by atoms with Crippen molar-refractivity contribution in [2.75, 3.05) is 19.7 Å². The van der Waals surface area contributed by atoms with Gasteiger partial charge in [-0.05, 0) is 31.7 Å². The van der Waals surface area contributed by atoms with Crippen molar-refractivity contribution in [3.8, 4) is 11.3 Å². The van der Waals surface area contributed by atoms with Gasteiger partial charge in [0.15, 0.2) is 0 Å². The predicted molar refractivity (Wildman–Crippen MR) is 82.4 cm³/mol. The molecule has 0 spiro atoms. The Bertz CT molecular complexity index is 634. The van der Waals surface area contributed by atoms with Gasteiger partial charge >= 0.3 is 0 Å². The topological polar surface area (TPSA) is 69.2 Å². The van der Waals surface area contributed by atoms with Crippen LogP contribution in [0.4, 0.5) is 0 Å². The number of thiazole rings is 1. The molecular weight excluding hydrogens is 286 g/mol. The molecule has 0 bridgehead atoms. The van der Waals surface area contributed by atoms with E-state index >= 15 is 0 Å². The van der Waals surface area contributed by atoms with Crippen molar-refractivity contribution in [2.45, 2.75) is 19.8 Å². The Hall–Kier alpha value is -1.66. The van der Waals surface area contributed by atoms with Crippen molar-refractivity contribution in [1.82, 2.24) is 14.9 Å². The average molecular weight is 305 g/mol. The molecule has 1 saturated heterocycles. The molecule has 0 saturated carbocycles. The Labute approximate surface area is 127 Å². The summed E-state index contributed by atoms with van der Waals surface area (Å²) in [6, 6.07) is 1.86. The zero-order valence-electron chi connectivity index (χ0n) is 12.0. The highest BCUT2D eigenvalue weighted by Gasteiger charge is 2.25. The smallest absolute Gasteiger partial charge is 0.270 e. The van der Waals surface area contributed by atoms with E-state index in [9.17, 15) is 9.90 Å². The summed E-state index contributed by atoms with van der Waals surface area (Å²) in [6.07, 6.45) is 3.78. The third kappa shape index (κ3) is 3.01. The Morgan fingerprint density at radius 1 is 1.62 bits per heavy atom. The second-order valence-corrected chi connectivity index (χ2v) is 6.56. The lowest BCUT2D eigenvalue weighted by Gasteiger charge is -2.31. The molecular formula is C15H19N3O2S. The van der Waals surface area contributed by atoms with E-state index < -0.39 is 0 Å². The molecule has 0 aromatic carbocycles. The molecule has 0 aliphatic carbocycles. The predicted octanol–water partition coefficient (Wildman–Crippen LogP) is 2.29. The highest BCUT2D eigenvalue weighted by atomic mass is 32.1. The molecule has 21 heavy (non-hydrogen) atoms. The number of aromatic amines is 1. The van der Waals surface area contributed by atoms with Gasteiger partial charge in [0, 0.05) is 36.8 Å². The molecule has 2 aromatic heterocycles. The van der Waals surface area contributed by atoms with Crippen molar-refractivity contribution in [3.05, 3.63) is 28.3 Å². The first kappa shape index (κ1) is 14.3. The fourth-order valence-corrected chi connectivity index (χ4v) is 3.35. The maximum Gasteiger partial charge on any atom is 0.270 e. The van der Waals surface area contributed by atoms with Crippen LogP contribution < -0.4 is 0 Å². The molecule has 5 nitrogen and oxygen atoms in total. The van der Waals surface area contributed by atoms with E-state index in [1.165, 1.54) is 0 Å². The summed E-state index contributed by atoms with van der Waals surface area (Å²) in [6.45, 7) is 3.52. The van der Waals surface area contributed by atoms with Crippen LogP contribution in [0.5, 0.6) is 0 Å². The normalized spacial score (nSPS) is 19.0. The van der Waals surface area contributed by atoms with Gasteiger partial charge in [-0.3, -0.25) is 4.79 Å². The zero-order chi connectivity index (χ0) is 14.8. The van der Waals surface area contributed by atoms with E-state index in [1.54, 1.807) is 11.3 Å². The number of H-pyrrole nitrogens is 1. The number of carbonyl (C=O) groups excluding carboxylic acids is 1. The van der Waals surface area contributed by atoms with Gasteiger partial charge in [-0.2, -0.15) is 0 Å². The lowest BCUT2D eigenvalue weighted by atomic mass is 9.99. The van der Waals surface area contributed by atoms with Gasteiger partial charge in [0.1, 0.15) is 5.69 Å². The van der Waals surface area contributed by atoms with Crippen LogP contribution in [0.1, 0.15) is 28.3 Å². The average Bonchev–Trinajstić information content (AvgIpc) is 3.15. The summed E-state index contributed by atoms with van der Waals surface area (Å²) in [7, 11) is 0. The van der Waals surface area contributed by atoms with E-state index in [0.717, 1.165) is 35.7 Å². The van der Waals surface area contributed by atoms with Crippen molar-refractivity contribution < 1.29 is 9.90 Å². The third-order valence-corrected chi connectivity index (χ3v) is 4.67. The molecule has 3 heterocycles. The largest absolute Gasteiger partial charge is 0.396 e. The molecule has 1 aliphatic heterocycles. The number of aliphatic hydroxyl groups excluding tert-OH is 1. The Balaban J connectivity index is 1.75. The van der Waals surface area contributed by atoms with Gasteiger partial charge in [0.05, 0.1) is 10.7 Å². The van der Waals surface area contributed by atoms with Gasteiger partial charge in [0.25, 0.3) is 5.91 Å². The van der Waals surface area contributed by atoms with Crippen molar-refractivity contribution in [1.29, 1.82) is 0 Å². The van der Waals surface area contributed by atoms with Crippen LogP contribution in [0.15, 0.2) is 17.6 Å². The number of nitrogens with zero attached hydrogens (tertiary/aromatic N) is 2.